The normalized spacial score (nSPS) is 41.1. The number of ether oxygens (including phenoxy) is 1. The van der Waals surface area contributed by atoms with E-state index in [4.69, 9.17) is 4.74 Å². The van der Waals surface area contributed by atoms with Crippen LogP contribution in [0.15, 0.2) is 41.5 Å². The lowest BCUT2D eigenvalue weighted by Crippen LogP contribution is -2.66. The molecule has 4 heteroatoms. The fourth-order valence-corrected chi connectivity index (χ4v) is 12.7. The van der Waals surface area contributed by atoms with Crippen molar-refractivity contribution in [2.45, 2.75) is 139 Å². The number of carbonyl (C=O) groups excluding carboxylic acids is 3. The van der Waals surface area contributed by atoms with Crippen LogP contribution < -0.4 is 0 Å². The van der Waals surface area contributed by atoms with Crippen molar-refractivity contribution < 1.29 is 19.1 Å². The first-order chi connectivity index (χ1) is 21.0. The summed E-state index contributed by atoms with van der Waals surface area (Å²) >= 11 is 0. The minimum absolute atomic E-state index is 0.0211. The predicted octanol–water partition coefficient (Wildman–Crippen LogP) is 9.66. The largest absolute Gasteiger partial charge is 0.462 e. The van der Waals surface area contributed by atoms with Crippen LogP contribution in [-0.4, -0.2) is 23.6 Å². The first kappa shape index (κ1) is 32.7. The number of rotatable bonds is 6. The number of esters is 1. The molecule has 5 aliphatic rings. The van der Waals surface area contributed by atoms with Crippen molar-refractivity contribution in [2.24, 2.45) is 50.7 Å². The molecule has 9 atom stereocenters. The van der Waals surface area contributed by atoms with E-state index in [1.807, 2.05) is 6.07 Å². The zero-order chi connectivity index (χ0) is 32.7. The van der Waals surface area contributed by atoms with Crippen molar-refractivity contribution in [3.8, 4) is 0 Å². The van der Waals surface area contributed by atoms with Gasteiger partial charge in [0.1, 0.15) is 11.9 Å². The summed E-state index contributed by atoms with van der Waals surface area (Å²) in [6.07, 6.45) is 9.21. The lowest BCUT2D eigenvalue weighted by molar-refractivity contribution is -0.232. The van der Waals surface area contributed by atoms with Gasteiger partial charge in [-0.15, -0.1) is 0 Å². The smallest absolute Gasteiger partial charge is 0.302 e. The van der Waals surface area contributed by atoms with Gasteiger partial charge in [-0.3, -0.25) is 14.4 Å². The summed E-state index contributed by atoms with van der Waals surface area (Å²) in [7, 11) is 0. The topological polar surface area (TPSA) is 60.4 Å². The Morgan fingerprint density at radius 3 is 2.18 bits per heavy atom. The Morgan fingerprint density at radius 1 is 0.844 bits per heavy atom. The van der Waals surface area contributed by atoms with Crippen LogP contribution in [-0.2, 0) is 19.1 Å². The lowest BCUT2D eigenvalue weighted by Gasteiger charge is -2.72. The van der Waals surface area contributed by atoms with Gasteiger partial charge in [-0.25, -0.2) is 0 Å². The summed E-state index contributed by atoms with van der Waals surface area (Å²) in [6, 6.07) is 10.4. The third-order valence-corrected chi connectivity index (χ3v) is 15.1. The minimum atomic E-state index is -0.627. The number of allylic oxidation sites excluding steroid dienone is 2. The van der Waals surface area contributed by atoms with E-state index < -0.39 is 5.41 Å². The molecule has 0 radical (unpaired) electrons. The molecule has 4 nitrogen and oxygen atoms in total. The van der Waals surface area contributed by atoms with Crippen molar-refractivity contribution in [3.05, 3.63) is 47.0 Å². The van der Waals surface area contributed by atoms with Crippen LogP contribution in [0.1, 0.15) is 138 Å². The Kier molecular flexibility index (Phi) is 7.93. The minimum Gasteiger partial charge on any atom is -0.462 e. The van der Waals surface area contributed by atoms with Gasteiger partial charge >= 0.3 is 5.97 Å². The Bertz CT molecular complexity index is 1400. The number of ketones is 2. The molecule has 0 N–H and O–H groups in total. The average molecular weight is 615 g/mol. The molecule has 4 saturated carbocycles. The SMILES string of the molecule is CC(=O)O[C@H]1CC[C@]2(C)[C@H]3CC[C@@H]4C5=C(C(C)C)C(=O)C[C@]5(C(=O)CC(C)c5ccccc5)CC[C@@]4(C)[C@]3(C)CC[C@H]2C1(C)C. The molecule has 0 heterocycles. The summed E-state index contributed by atoms with van der Waals surface area (Å²) < 4.78 is 5.94. The van der Waals surface area contributed by atoms with Crippen LogP contribution in [0.3, 0.4) is 0 Å². The van der Waals surface area contributed by atoms with Crippen molar-refractivity contribution in [1.29, 1.82) is 0 Å². The Morgan fingerprint density at radius 2 is 1.53 bits per heavy atom. The van der Waals surface area contributed by atoms with E-state index in [-0.39, 0.29) is 57.3 Å². The fourth-order valence-electron chi connectivity index (χ4n) is 12.7. The summed E-state index contributed by atoms with van der Waals surface area (Å²) in [5.41, 5.74) is 3.12. The maximum absolute atomic E-state index is 14.6. The molecule has 0 spiro atoms. The van der Waals surface area contributed by atoms with Crippen molar-refractivity contribution >= 4 is 17.5 Å². The van der Waals surface area contributed by atoms with Gasteiger partial charge in [0, 0.05) is 25.2 Å². The average Bonchev–Trinajstić information content (AvgIpc) is 3.28. The molecule has 5 aliphatic carbocycles. The van der Waals surface area contributed by atoms with Crippen LogP contribution in [0, 0.1) is 50.7 Å². The third kappa shape index (κ3) is 4.61. The third-order valence-electron chi connectivity index (χ3n) is 15.1. The summed E-state index contributed by atoms with van der Waals surface area (Å²) in [5.74, 6) is 1.99. The molecule has 0 bridgehead atoms. The van der Waals surface area contributed by atoms with Crippen LogP contribution in [0.5, 0.6) is 0 Å². The predicted molar refractivity (Wildman–Crippen MR) is 179 cm³/mol. The molecular weight excluding hydrogens is 556 g/mol. The van der Waals surface area contributed by atoms with E-state index in [9.17, 15) is 14.4 Å². The van der Waals surface area contributed by atoms with Crippen LogP contribution in [0.25, 0.3) is 0 Å². The zero-order valence-electron chi connectivity index (χ0n) is 29.6. The highest BCUT2D eigenvalue weighted by molar-refractivity contribution is 6.07. The van der Waals surface area contributed by atoms with Crippen LogP contribution in [0.2, 0.25) is 0 Å². The molecule has 0 aromatic heterocycles. The molecule has 1 aromatic carbocycles. The molecule has 0 amide bonds. The summed E-state index contributed by atoms with van der Waals surface area (Å²) in [6.45, 7) is 20.5. The molecule has 246 valence electrons. The summed E-state index contributed by atoms with van der Waals surface area (Å²) in [4.78, 5) is 40.6. The van der Waals surface area contributed by atoms with Gasteiger partial charge < -0.3 is 4.74 Å². The molecule has 1 aromatic rings. The lowest BCUT2D eigenvalue weighted by atomic mass is 9.33. The number of fused-ring (bicyclic) bond motifs is 7. The van der Waals surface area contributed by atoms with Crippen molar-refractivity contribution in [1.82, 2.24) is 0 Å². The Balaban J connectivity index is 1.37. The van der Waals surface area contributed by atoms with Crippen molar-refractivity contribution in [3.63, 3.8) is 0 Å². The number of Topliss-reactive ketones (excluding diaryl/α,β-unsaturated/α-hetero) is 2. The van der Waals surface area contributed by atoms with E-state index >= 15 is 0 Å². The van der Waals surface area contributed by atoms with Gasteiger partial charge in [0.05, 0.1) is 5.41 Å². The first-order valence-electron chi connectivity index (χ1n) is 18.1. The van der Waals surface area contributed by atoms with Crippen LogP contribution >= 0.6 is 0 Å². The maximum Gasteiger partial charge on any atom is 0.302 e. The van der Waals surface area contributed by atoms with Gasteiger partial charge in [-0.2, -0.15) is 0 Å². The van der Waals surface area contributed by atoms with Gasteiger partial charge in [-0.05, 0) is 114 Å². The van der Waals surface area contributed by atoms with Gasteiger partial charge in [0.25, 0.3) is 0 Å². The van der Waals surface area contributed by atoms with Gasteiger partial charge in [-0.1, -0.05) is 85.7 Å². The monoisotopic (exact) mass is 614 g/mol. The number of benzene rings is 1. The Hall–Kier alpha value is -2.23. The second-order valence-corrected chi connectivity index (χ2v) is 17.7. The zero-order valence-corrected chi connectivity index (χ0v) is 29.6. The number of carbonyl (C=O) groups is 3. The molecular formula is C41H58O4. The van der Waals surface area contributed by atoms with Crippen LogP contribution in [0.4, 0.5) is 0 Å². The molecule has 45 heavy (non-hydrogen) atoms. The quantitative estimate of drug-likeness (QED) is 0.299. The van der Waals surface area contributed by atoms with E-state index in [1.165, 1.54) is 11.1 Å². The van der Waals surface area contributed by atoms with Gasteiger partial charge in [0.15, 0.2) is 5.78 Å². The van der Waals surface area contributed by atoms with E-state index in [1.54, 1.807) is 6.92 Å². The number of hydrogen-bond donors (Lipinski definition) is 0. The fraction of sp³-hybridized carbons (Fsp3) is 0.732. The highest BCUT2D eigenvalue weighted by Gasteiger charge is 2.70. The van der Waals surface area contributed by atoms with Gasteiger partial charge in [0.2, 0.25) is 0 Å². The highest BCUT2D eigenvalue weighted by atomic mass is 16.5. The first-order valence-corrected chi connectivity index (χ1v) is 18.1. The standard InChI is InChI=1S/C41H58O4/c1-25(2)35-30(43)24-41(33(44)23-26(3)28-13-11-10-12-14-28)22-21-39(8)29(36(35)41)15-16-32-38(7)19-18-34(45-27(4)42)37(5,6)31(38)17-20-40(32,39)9/h10-14,25-26,29,31-32,34H,15-24H2,1-9H3/t26?,29-,31+,32-,34+,38+,39-,40-,41+/m1/s1. The number of hydrogen-bond acceptors (Lipinski definition) is 4. The van der Waals surface area contributed by atoms with E-state index in [0.29, 0.717) is 30.5 Å². The highest BCUT2D eigenvalue weighted by Crippen LogP contribution is 2.77. The van der Waals surface area contributed by atoms with E-state index in [2.05, 4.69) is 79.7 Å². The molecule has 0 saturated heterocycles. The summed E-state index contributed by atoms with van der Waals surface area (Å²) in [5, 5.41) is 0. The molecule has 0 aliphatic heterocycles. The second kappa shape index (κ2) is 10.9. The van der Waals surface area contributed by atoms with Crippen molar-refractivity contribution in [2.75, 3.05) is 0 Å². The maximum atomic E-state index is 14.6. The van der Waals surface area contributed by atoms with E-state index in [0.717, 1.165) is 56.9 Å². The molecule has 6 rings (SSSR count). The molecule has 4 fully saturated rings. The Labute approximate surface area is 272 Å². The second-order valence-electron chi connectivity index (χ2n) is 17.7. The molecule has 1 unspecified atom stereocenters.